The topological polar surface area (TPSA) is 60.0 Å². The molecule has 4 aromatic rings. The summed E-state index contributed by atoms with van der Waals surface area (Å²) in [5.41, 5.74) is 5.56. The zero-order chi connectivity index (χ0) is 19.3. The van der Waals surface area contributed by atoms with Crippen molar-refractivity contribution in [2.45, 2.75) is 22.8 Å². The summed E-state index contributed by atoms with van der Waals surface area (Å²) in [6.07, 6.45) is 0.229. The predicted molar refractivity (Wildman–Crippen MR) is 114 cm³/mol. The van der Waals surface area contributed by atoms with Gasteiger partial charge in [-0.15, -0.1) is 0 Å². The van der Waals surface area contributed by atoms with Crippen molar-refractivity contribution in [3.63, 3.8) is 0 Å². The fourth-order valence-electron chi connectivity index (χ4n) is 3.37. The average molecular weight is 388 g/mol. The molecule has 0 aliphatic carbocycles. The van der Waals surface area contributed by atoms with Crippen molar-refractivity contribution < 1.29 is 4.79 Å². The van der Waals surface area contributed by atoms with Gasteiger partial charge in [0, 0.05) is 32.9 Å². The second-order valence-corrected chi connectivity index (χ2v) is 7.61. The van der Waals surface area contributed by atoms with Gasteiger partial charge in [0.2, 0.25) is 5.91 Å². The molecule has 0 aliphatic heterocycles. The fourth-order valence-corrected chi connectivity index (χ4v) is 4.48. The summed E-state index contributed by atoms with van der Waals surface area (Å²) in [7, 11) is 0. The average Bonchev–Trinajstić information content (AvgIpc) is 3.02. The maximum Gasteiger partial charge on any atom is 0.239 e. The molecule has 4 rings (SSSR count). The van der Waals surface area contributed by atoms with Gasteiger partial charge in [-0.1, -0.05) is 78.5 Å². The molecule has 140 valence electrons. The minimum Gasteiger partial charge on any atom is -0.338 e. The number of para-hydroxylation sites is 1. The van der Waals surface area contributed by atoms with Crippen molar-refractivity contribution in [3.05, 3.63) is 96.2 Å². The molecule has 0 saturated heterocycles. The Bertz CT molecular complexity index is 1010. The first-order chi connectivity index (χ1) is 13.8. The van der Waals surface area contributed by atoms with Crippen LogP contribution in [0.1, 0.15) is 11.3 Å². The summed E-state index contributed by atoms with van der Waals surface area (Å²) < 4.78 is 2.23. The first-order valence-electron chi connectivity index (χ1n) is 9.12. The monoisotopic (exact) mass is 387 g/mol. The van der Waals surface area contributed by atoms with Gasteiger partial charge < -0.3 is 4.57 Å². The molecule has 28 heavy (non-hydrogen) atoms. The lowest BCUT2D eigenvalue weighted by molar-refractivity contribution is -0.120. The number of hydrazine groups is 1. The first-order valence-corrected chi connectivity index (χ1v) is 9.94. The number of nitrogens with two attached hydrogens (primary N) is 1. The van der Waals surface area contributed by atoms with Crippen LogP contribution in [0.2, 0.25) is 0 Å². The quantitative estimate of drug-likeness (QED) is 0.293. The number of benzene rings is 3. The molecule has 4 nitrogen and oxygen atoms in total. The third-order valence-electron chi connectivity index (χ3n) is 4.66. The number of nitrogens with one attached hydrogen (secondary N) is 1. The van der Waals surface area contributed by atoms with E-state index in [9.17, 15) is 4.79 Å². The zero-order valence-electron chi connectivity index (χ0n) is 15.3. The van der Waals surface area contributed by atoms with E-state index >= 15 is 0 Å². The van der Waals surface area contributed by atoms with Crippen molar-refractivity contribution in [1.82, 2.24) is 9.99 Å². The number of hydrogen-bond donors (Lipinski definition) is 2. The summed E-state index contributed by atoms with van der Waals surface area (Å²) in [4.78, 5) is 14.4. The summed E-state index contributed by atoms with van der Waals surface area (Å²) in [6.45, 7) is 0.698. The third kappa shape index (κ3) is 3.81. The minimum atomic E-state index is -0.202. The van der Waals surface area contributed by atoms with Crippen molar-refractivity contribution >= 4 is 28.6 Å². The molecule has 1 heterocycles. The SMILES string of the molecule is NNC(=O)Cc1c(Sc2ccccc2)c2ccccc2n1Cc1ccccc1. The Labute approximate surface area is 168 Å². The van der Waals surface area contributed by atoms with Crippen LogP contribution in [0.3, 0.4) is 0 Å². The Hall–Kier alpha value is -3.02. The Kier molecular flexibility index (Phi) is 5.46. The van der Waals surface area contributed by atoms with E-state index in [1.165, 1.54) is 5.56 Å². The smallest absolute Gasteiger partial charge is 0.239 e. The Morgan fingerprint density at radius 1 is 0.893 bits per heavy atom. The van der Waals surface area contributed by atoms with E-state index in [-0.39, 0.29) is 12.3 Å². The number of fused-ring (bicyclic) bond motifs is 1. The fraction of sp³-hybridized carbons (Fsp3) is 0.0870. The van der Waals surface area contributed by atoms with Gasteiger partial charge in [-0.3, -0.25) is 10.2 Å². The van der Waals surface area contributed by atoms with E-state index in [0.717, 1.165) is 26.4 Å². The Morgan fingerprint density at radius 3 is 2.25 bits per heavy atom. The van der Waals surface area contributed by atoms with Crippen LogP contribution in [0.5, 0.6) is 0 Å². The van der Waals surface area contributed by atoms with Crippen molar-refractivity contribution in [2.24, 2.45) is 5.84 Å². The van der Waals surface area contributed by atoms with E-state index in [0.29, 0.717) is 6.54 Å². The molecule has 0 fully saturated rings. The normalized spacial score (nSPS) is 10.9. The van der Waals surface area contributed by atoms with Gasteiger partial charge >= 0.3 is 0 Å². The minimum absolute atomic E-state index is 0.202. The molecule has 3 N–H and O–H groups in total. The number of carbonyl (C=O) groups excluding carboxylic acids is 1. The lowest BCUT2D eigenvalue weighted by Gasteiger charge is -2.12. The Balaban J connectivity index is 1.88. The lowest BCUT2D eigenvalue weighted by atomic mass is 10.2. The first kappa shape index (κ1) is 18.3. The van der Waals surface area contributed by atoms with E-state index in [4.69, 9.17) is 5.84 Å². The van der Waals surface area contributed by atoms with E-state index < -0.39 is 0 Å². The largest absolute Gasteiger partial charge is 0.338 e. The molecular weight excluding hydrogens is 366 g/mol. The van der Waals surface area contributed by atoms with Crippen LogP contribution in [-0.4, -0.2) is 10.5 Å². The van der Waals surface area contributed by atoms with Gasteiger partial charge in [0.25, 0.3) is 0 Å². The van der Waals surface area contributed by atoms with Crippen LogP contribution >= 0.6 is 11.8 Å². The highest BCUT2D eigenvalue weighted by Crippen LogP contribution is 2.39. The molecule has 0 unspecified atom stereocenters. The third-order valence-corrected chi connectivity index (χ3v) is 5.83. The molecule has 5 heteroatoms. The number of aromatic nitrogens is 1. The van der Waals surface area contributed by atoms with Crippen LogP contribution in [0.15, 0.2) is 94.7 Å². The van der Waals surface area contributed by atoms with Crippen molar-refractivity contribution in [2.75, 3.05) is 0 Å². The van der Waals surface area contributed by atoms with Crippen LogP contribution in [0, 0.1) is 0 Å². The van der Waals surface area contributed by atoms with Crippen LogP contribution in [-0.2, 0) is 17.8 Å². The highest BCUT2D eigenvalue weighted by Gasteiger charge is 2.20. The van der Waals surface area contributed by atoms with Gasteiger partial charge in [-0.2, -0.15) is 0 Å². The van der Waals surface area contributed by atoms with Gasteiger partial charge in [-0.25, -0.2) is 5.84 Å². The number of carbonyl (C=O) groups is 1. The van der Waals surface area contributed by atoms with Gasteiger partial charge in [0.15, 0.2) is 0 Å². The molecule has 0 saturated carbocycles. The second kappa shape index (κ2) is 8.33. The molecule has 1 amide bonds. The van der Waals surface area contributed by atoms with Crippen LogP contribution in [0.4, 0.5) is 0 Å². The molecule has 3 aromatic carbocycles. The van der Waals surface area contributed by atoms with Gasteiger partial charge in [-0.05, 0) is 23.8 Å². The summed E-state index contributed by atoms with van der Waals surface area (Å²) in [5, 5.41) is 1.15. The molecular formula is C23H21N3OS. The van der Waals surface area contributed by atoms with Crippen molar-refractivity contribution in [1.29, 1.82) is 0 Å². The molecule has 0 atom stereocenters. The second-order valence-electron chi connectivity index (χ2n) is 6.52. The summed E-state index contributed by atoms with van der Waals surface area (Å²) in [6, 6.07) is 28.8. The van der Waals surface area contributed by atoms with E-state index in [1.54, 1.807) is 11.8 Å². The highest BCUT2D eigenvalue weighted by atomic mass is 32.2. The number of hydrogen-bond acceptors (Lipinski definition) is 3. The van der Waals surface area contributed by atoms with E-state index in [2.05, 4.69) is 46.4 Å². The number of rotatable bonds is 6. The molecule has 1 aromatic heterocycles. The number of amides is 1. The van der Waals surface area contributed by atoms with Crippen LogP contribution in [0.25, 0.3) is 10.9 Å². The maximum absolute atomic E-state index is 12.2. The zero-order valence-corrected chi connectivity index (χ0v) is 16.2. The number of nitrogens with zero attached hydrogens (tertiary/aromatic N) is 1. The van der Waals surface area contributed by atoms with Crippen LogP contribution < -0.4 is 11.3 Å². The standard InChI is InChI=1S/C23H21N3OS/c24-25-22(27)15-21-23(28-18-11-5-2-6-12-18)19-13-7-8-14-20(19)26(21)16-17-9-3-1-4-10-17/h1-14H,15-16,24H2,(H,25,27). The molecule has 0 radical (unpaired) electrons. The Morgan fingerprint density at radius 2 is 1.54 bits per heavy atom. The molecule has 0 bridgehead atoms. The lowest BCUT2D eigenvalue weighted by Crippen LogP contribution is -2.32. The van der Waals surface area contributed by atoms with Gasteiger partial charge in [0.05, 0.1) is 6.42 Å². The molecule has 0 spiro atoms. The van der Waals surface area contributed by atoms with E-state index in [1.807, 2.05) is 48.5 Å². The molecule has 0 aliphatic rings. The maximum atomic E-state index is 12.2. The summed E-state index contributed by atoms with van der Waals surface area (Å²) >= 11 is 1.69. The van der Waals surface area contributed by atoms with Crippen molar-refractivity contribution in [3.8, 4) is 0 Å². The predicted octanol–water partition coefficient (Wildman–Crippen LogP) is 4.37. The highest BCUT2D eigenvalue weighted by molar-refractivity contribution is 7.99. The summed E-state index contributed by atoms with van der Waals surface area (Å²) in [5.74, 6) is 5.20. The van der Waals surface area contributed by atoms with Gasteiger partial charge in [0.1, 0.15) is 0 Å².